The first-order valence-corrected chi connectivity index (χ1v) is 9.26. The fraction of sp³-hybridized carbons (Fsp3) is 1.00. The number of rotatable bonds is 11. The van der Waals surface area contributed by atoms with E-state index in [1.54, 1.807) is 0 Å². The molecule has 1 rings (SSSR count). The molecule has 3 atom stereocenters. The van der Waals surface area contributed by atoms with Gasteiger partial charge in [0.25, 0.3) is 0 Å². The van der Waals surface area contributed by atoms with Gasteiger partial charge in [-0.15, -0.1) is 0 Å². The highest BCUT2D eigenvalue weighted by Gasteiger charge is 2.32. The normalized spacial score (nSPS) is 21.1. The highest BCUT2D eigenvalue weighted by atomic mass is 16.5. The first kappa shape index (κ1) is 19.0. The summed E-state index contributed by atoms with van der Waals surface area (Å²) in [6.07, 6.45) is 14.0. The first-order valence-electron chi connectivity index (χ1n) is 9.26. The van der Waals surface area contributed by atoms with Crippen molar-refractivity contribution in [2.75, 3.05) is 20.8 Å². The van der Waals surface area contributed by atoms with E-state index in [0.717, 1.165) is 18.4 Å². The lowest BCUT2D eigenvalue weighted by molar-refractivity contribution is -0.0294. The van der Waals surface area contributed by atoms with Crippen molar-refractivity contribution in [3.8, 4) is 0 Å². The summed E-state index contributed by atoms with van der Waals surface area (Å²) in [4.78, 5) is 0. The Kier molecular flexibility index (Phi) is 10.4. The van der Waals surface area contributed by atoms with Crippen molar-refractivity contribution in [2.45, 2.75) is 84.2 Å². The minimum absolute atomic E-state index is 0.374. The lowest BCUT2D eigenvalue weighted by Gasteiger charge is -2.37. The van der Waals surface area contributed by atoms with Crippen molar-refractivity contribution in [3.05, 3.63) is 0 Å². The molecule has 21 heavy (non-hydrogen) atoms. The van der Waals surface area contributed by atoms with Crippen molar-refractivity contribution in [3.63, 3.8) is 0 Å². The molecule has 0 N–H and O–H groups in total. The van der Waals surface area contributed by atoms with E-state index < -0.39 is 0 Å². The molecule has 2 nitrogen and oxygen atoms in total. The summed E-state index contributed by atoms with van der Waals surface area (Å²) in [5.74, 6) is 2.17. The fourth-order valence-corrected chi connectivity index (χ4v) is 4.08. The third-order valence-electron chi connectivity index (χ3n) is 5.55. The molecule has 0 amide bonds. The van der Waals surface area contributed by atoms with Gasteiger partial charge in [0.2, 0.25) is 0 Å². The first-order chi connectivity index (χ1) is 10.2. The lowest BCUT2D eigenvalue weighted by atomic mass is 9.73. The number of hydrogen-bond acceptors (Lipinski definition) is 2. The van der Waals surface area contributed by atoms with Crippen LogP contribution < -0.4 is 0 Å². The second kappa shape index (κ2) is 11.5. The summed E-state index contributed by atoms with van der Waals surface area (Å²) in [5, 5.41) is 0. The van der Waals surface area contributed by atoms with E-state index in [4.69, 9.17) is 9.47 Å². The van der Waals surface area contributed by atoms with Gasteiger partial charge in [0.1, 0.15) is 0 Å². The van der Waals surface area contributed by atoms with E-state index in [2.05, 4.69) is 13.8 Å². The molecular weight excluding hydrogens is 260 g/mol. The van der Waals surface area contributed by atoms with Gasteiger partial charge in [-0.05, 0) is 18.3 Å². The SMILES string of the molecule is CCCCCCC(OC)C(COC)C(C)C1CCCCC1. The number of methoxy groups -OCH3 is 2. The maximum atomic E-state index is 5.88. The van der Waals surface area contributed by atoms with E-state index >= 15 is 0 Å². The quantitative estimate of drug-likeness (QED) is 0.472. The number of hydrogen-bond donors (Lipinski definition) is 0. The summed E-state index contributed by atoms with van der Waals surface area (Å²) in [5.41, 5.74) is 0. The van der Waals surface area contributed by atoms with Crippen LogP contribution in [-0.4, -0.2) is 26.9 Å². The van der Waals surface area contributed by atoms with Gasteiger partial charge in [0, 0.05) is 20.1 Å². The molecule has 0 bridgehead atoms. The maximum absolute atomic E-state index is 5.88. The Morgan fingerprint density at radius 3 is 2.29 bits per heavy atom. The minimum Gasteiger partial charge on any atom is -0.384 e. The van der Waals surface area contributed by atoms with Crippen LogP contribution >= 0.6 is 0 Å². The Hall–Kier alpha value is -0.0800. The molecule has 1 aliphatic rings. The van der Waals surface area contributed by atoms with Crippen LogP contribution in [0.3, 0.4) is 0 Å². The van der Waals surface area contributed by atoms with Crippen LogP contribution in [-0.2, 0) is 9.47 Å². The van der Waals surface area contributed by atoms with Crippen molar-refractivity contribution >= 4 is 0 Å². The Morgan fingerprint density at radius 2 is 1.71 bits per heavy atom. The lowest BCUT2D eigenvalue weighted by Crippen LogP contribution is -2.36. The van der Waals surface area contributed by atoms with E-state index in [0.29, 0.717) is 12.0 Å². The standard InChI is InChI=1S/C19H38O2/c1-5-6-7-11-14-19(21-4)18(15-20-3)16(2)17-12-9-8-10-13-17/h16-19H,5-15H2,1-4H3. The third kappa shape index (κ3) is 6.69. The molecule has 0 radical (unpaired) electrons. The largest absolute Gasteiger partial charge is 0.384 e. The van der Waals surface area contributed by atoms with Gasteiger partial charge in [0.15, 0.2) is 0 Å². The topological polar surface area (TPSA) is 18.5 Å². The van der Waals surface area contributed by atoms with Crippen LogP contribution in [0.15, 0.2) is 0 Å². The molecular formula is C19H38O2. The van der Waals surface area contributed by atoms with E-state index in [9.17, 15) is 0 Å². The zero-order chi connectivity index (χ0) is 15.5. The summed E-state index contributed by atoms with van der Waals surface area (Å²) < 4.78 is 11.4. The van der Waals surface area contributed by atoms with Crippen molar-refractivity contribution < 1.29 is 9.47 Å². The summed E-state index contributed by atoms with van der Waals surface area (Å²) >= 11 is 0. The molecule has 3 unspecified atom stereocenters. The van der Waals surface area contributed by atoms with Crippen LogP contribution in [0.5, 0.6) is 0 Å². The van der Waals surface area contributed by atoms with Gasteiger partial charge < -0.3 is 9.47 Å². The third-order valence-corrected chi connectivity index (χ3v) is 5.55. The average molecular weight is 299 g/mol. The second-order valence-electron chi connectivity index (χ2n) is 7.00. The highest BCUT2D eigenvalue weighted by Crippen LogP contribution is 2.36. The summed E-state index contributed by atoms with van der Waals surface area (Å²) in [6, 6.07) is 0. The van der Waals surface area contributed by atoms with Crippen molar-refractivity contribution in [1.29, 1.82) is 0 Å². The Morgan fingerprint density at radius 1 is 1.00 bits per heavy atom. The zero-order valence-electron chi connectivity index (χ0n) is 14.9. The molecule has 1 aliphatic carbocycles. The average Bonchev–Trinajstić information content (AvgIpc) is 2.53. The monoisotopic (exact) mass is 298 g/mol. The van der Waals surface area contributed by atoms with Crippen LogP contribution in [0, 0.1) is 17.8 Å². The Labute approximate surface area is 133 Å². The molecule has 0 saturated heterocycles. The molecule has 0 spiro atoms. The van der Waals surface area contributed by atoms with Crippen molar-refractivity contribution in [1.82, 2.24) is 0 Å². The number of unbranched alkanes of at least 4 members (excludes halogenated alkanes) is 3. The zero-order valence-corrected chi connectivity index (χ0v) is 14.9. The molecule has 126 valence electrons. The van der Waals surface area contributed by atoms with Crippen LogP contribution in [0.2, 0.25) is 0 Å². The molecule has 0 aromatic carbocycles. The van der Waals surface area contributed by atoms with Crippen molar-refractivity contribution in [2.24, 2.45) is 17.8 Å². The predicted octanol–water partition coefficient (Wildman–Crippen LogP) is 5.45. The van der Waals surface area contributed by atoms with Gasteiger partial charge >= 0.3 is 0 Å². The molecule has 1 saturated carbocycles. The van der Waals surface area contributed by atoms with Gasteiger partial charge in [-0.2, -0.15) is 0 Å². The molecule has 2 heteroatoms. The highest BCUT2D eigenvalue weighted by molar-refractivity contribution is 4.82. The molecule has 0 aromatic rings. The Balaban J connectivity index is 2.53. The summed E-state index contributed by atoms with van der Waals surface area (Å²) in [6.45, 7) is 5.56. The molecule has 0 aliphatic heterocycles. The van der Waals surface area contributed by atoms with Gasteiger partial charge in [0.05, 0.1) is 12.7 Å². The minimum atomic E-state index is 0.374. The second-order valence-corrected chi connectivity index (χ2v) is 7.00. The predicted molar refractivity (Wildman–Crippen MR) is 90.7 cm³/mol. The molecule has 0 aromatic heterocycles. The van der Waals surface area contributed by atoms with E-state index in [1.807, 2.05) is 14.2 Å². The van der Waals surface area contributed by atoms with Gasteiger partial charge in [-0.3, -0.25) is 0 Å². The van der Waals surface area contributed by atoms with Crippen LogP contribution in [0.25, 0.3) is 0 Å². The van der Waals surface area contributed by atoms with Gasteiger partial charge in [-0.25, -0.2) is 0 Å². The smallest absolute Gasteiger partial charge is 0.0624 e. The fourth-order valence-electron chi connectivity index (χ4n) is 4.08. The van der Waals surface area contributed by atoms with E-state index in [-0.39, 0.29) is 0 Å². The Bertz CT molecular complexity index is 236. The van der Waals surface area contributed by atoms with Gasteiger partial charge in [-0.1, -0.05) is 71.6 Å². The summed E-state index contributed by atoms with van der Waals surface area (Å²) in [7, 11) is 3.73. The van der Waals surface area contributed by atoms with Crippen LogP contribution in [0.1, 0.15) is 78.1 Å². The number of ether oxygens (including phenoxy) is 2. The van der Waals surface area contributed by atoms with Crippen LogP contribution in [0.4, 0.5) is 0 Å². The molecule has 1 fully saturated rings. The maximum Gasteiger partial charge on any atom is 0.0624 e. The van der Waals surface area contributed by atoms with E-state index in [1.165, 1.54) is 64.2 Å². The molecule has 0 heterocycles.